The topological polar surface area (TPSA) is 26.3 Å². The van der Waals surface area contributed by atoms with Crippen molar-refractivity contribution in [2.24, 2.45) is 0 Å². The summed E-state index contributed by atoms with van der Waals surface area (Å²) in [7, 11) is 0. The van der Waals surface area contributed by atoms with Gasteiger partial charge in [-0.25, -0.2) is 0 Å². The summed E-state index contributed by atoms with van der Waals surface area (Å²) in [4.78, 5) is 10.0. The molecule has 0 aliphatic carbocycles. The quantitative estimate of drug-likeness (QED) is 0.480. The fraction of sp³-hybridized carbons (Fsp3) is 0.800. The van der Waals surface area contributed by atoms with E-state index in [1.54, 1.807) is 11.8 Å². The summed E-state index contributed by atoms with van der Waals surface area (Å²) < 4.78 is 5.04. The highest BCUT2D eigenvalue weighted by Crippen LogP contribution is 2.09. The van der Waals surface area contributed by atoms with E-state index in [-0.39, 0.29) is 6.10 Å². The Morgan fingerprint density at radius 3 is 3.00 bits per heavy atom. The SMILES string of the molecule is O=CC1CSCCO1. The molecule has 0 saturated carbocycles. The molecule has 1 atom stereocenters. The minimum atomic E-state index is -0.131. The van der Waals surface area contributed by atoms with Gasteiger partial charge in [0.25, 0.3) is 0 Å². The van der Waals surface area contributed by atoms with E-state index >= 15 is 0 Å². The van der Waals surface area contributed by atoms with Crippen LogP contribution in [0.4, 0.5) is 0 Å². The van der Waals surface area contributed by atoms with Crippen LogP contribution < -0.4 is 0 Å². The molecule has 3 heteroatoms. The van der Waals surface area contributed by atoms with Gasteiger partial charge in [-0.05, 0) is 0 Å². The van der Waals surface area contributed by atoms with Crippen molar-refractivity contribution in [2.45, 2.75) is 6.10 Å². The van der Waals surface area contributed by atoms with Crippen LogP contribution in [0.25, 0.3) is 0 Å². The van der Waals surface area contributed by atoms with Crippen molar-refractivity contribution in [3.8, 4) is 0 Å². The molecular weight excluding hydrogens is 124 g/mol. The third-order valence-electron chi connectivity index (χ3n) is 0.993. The summed E-state index contributed by atoms with van der Waals surface area (Å²) >= 11 is 1.77. The Bertz CT molecular complexity index is 78.5. The molecule has 0 bridgehead atoms. The minimum Gasteiger partial charge on any atom is -0.369 e. The highest BCUT2D eigenvalue weighted by atomic mass is 32.2. The van der Waals surface area contributed by atoms with Crippen LogP contribution in [0, 0.1) is 0 Å². The summed E-state index contributed by atoms with van der Waals surface area (Å²) in [6.07, 6.45) is 0.736. The van der Waals surface area contributed by atoms with E-state index in [1.807, 2.05) is 0 Å². The van der Waals surface area contributed by atoms with Gasteiger partial charge in [-0.15, -0.1) is 0 Å². The lowest BCUT2D eigenvalue weighted by Crippen LogP contribution is -2.23. The van der Waals surface area contributed by atoms with Gasteiger partial charge in [-0.1, -0.05) is 0 Å². The summed E-state index contributed by atoms with van der Waals surface area (Å²) in [6, 6.07) is 0. The molecule has 1 heterocycles. The first kappa shape index (κ1) is 6.11. The number of thioether (sulfide) groups is 1. The maximum atomic E-state index is 10.0. The van der Waals surface area contributed by atoms with E-state index in [1.165, 1.54) is 0 Å². The van der Waals surface area contributed by atoms with Crippen LogP contribution in [0.3, 0.4) is 0 Å². The standard InChI is InChI=1S/C5H8O2S/c6-3-5-4-8-2-1-7-5/h3,5H,1-2,4H2. The van der Waals surface area contributed by atoms with Crippen molar-refractivity contribution < 1.29 is 9.53 Å². The fourth-order valence-electron chi connectivity index (χ4n) is 0.585. The third-order valence-corrected chi connectivity index (χ3v) is 2.01. The van der Waals surface area contributed by atoms with Crippen LogP contribution in [0.2, 0.25) is 0 Å². The smallest absolute Gasteiger partial charge is 0.149 e. The molecule has 0 aromatic rings. The van der Waals surface area contributed by atoms with Gasteiger partial charge >= 0.3 is 0 Å². The van der Waals surface area contributed by atoms with E-state index in [4.69, 9.17) is 4.74 Å². The van der Waals surface area contributed by atoms with Crippen LogP contribution in [-0.4, -0.2) is 30.5 Å². The van der Waals surface area contributed by atoms with Crippen molar-refractivity contribution in [3.63, 3.8) is 0 Å². The molecule has 0 amide bonds. The van der Waals surface area contributed by atoms with Gasteiger partial charge in [0.15, 0.2) is 0 Å². The van der Waals surface area contributed by atoms with E-state index in [0.29, 0.717) is 0 Å². The number of rotatable bonds is 1. The predicted molar refractivity (Wildman–Crippen MR) is 33.1 cm³/mol. The van der Waals surface area contributed by atoms with Crippen molar-refractivity contribution in [2.75, 3.05) is 18.1 Å². The molecular formula is C5H8O2S. The normalized spacial score (nSPS) is 29.8. The van der Waals surface area contributed by atoms with E-state index in [0.717, 1.165) is 24.4 Å². The first-order valence-corrected chi connectivity index (χ1v) is 3.73. The van der Waals surface area contributed by atoms with Crippen molar-refractivity contribution in [1.82, 2.24) is 0 Å². The van der Waals surface area contributed by atoms with Crippen molar-refractivity contribution >= 4 is 18.0 Å². The molecule has 0 spiro atoms. The van der Waals surface area contributed by atoms with E-state index in [9.17, 15) is 4.79 Å². The summed E-state index contributed by atoms with van der Waals surface area (Å²) in [6.45, 7) is 0.730. The maximum Gasteiger partial charge on any atom is 0.149 e. The molecule has 2 nitrogen and oxygen atoms in total. The lowest BCUT2D eigenvalue weighted by Gasteiger charge is -2.15. The molecule has 46 valence electrons. The Hall–Kier alpha value is -0.0200. The van der Waals surface area contributed by atoms with Gasteiger partial charge in [-0.3, -0.25) is 0 Å². The van der Waals surface area contributed by atoms with Gasteiger partial charge in [0, 0.05) is 11.5 Å². The second-order valence-corrected chi connectivity index (χ2v) is 2.77. The number of hydrogen-bond donors (Lipinski definition) is 0. The maximum absolute atomic E-state index is 10.0. The van der Waals surface area contributed by atoms with Crippen LogP contribution in [0.5, 0.6) is 0 Å². The number of hydrogen-bond acceptors (Lipinski definition) is 3. The highest BCUT2D eigenvalue weighted by Gasteiger charge is 2.11. The zero-order valence-corrected chi connectivity index (χ0v) is 5.32. The Morgan fingerprint density at radius 1 is 1.75 bits per heavy atom. The van der Waals surface area contributed by atoms with Gasteiger partial charge in [-0.2, -0.15) is 11.8 Å². The summed E-state index contributed by atoms with van der Waals surface area (Å²) in [5.74, 6) is 1.87. The number of ether oxygens (including phenoxy) is 1. The molecule has 0 N–H and O–H groups in total. The summed E-state index contributed by atoms with van der Waals surface area (Å²) in [5.41, 5.74) is 0. The van der Waals surface area contributed by atoms with Gasteiger partial charge in [0.05, 0.1) is 6.61 Å². The average molecular weight is 132 g/mol. The molecule has 1 fully saturated rings. The average Bonchev–Trinajstić information content (AvgIpc) is 1.90. The lowest BCUT2D eigenvalue weighted by molar-refractivity contribution is -0.116. The zero-order valence-electron chi connectivity index (χ0n) is 4.50. The molecule has 1 unspecified atom stereocenters. The minimum absolute atomic E-state index is 0.131. The fourth-order valence-corrected chi connectivity index (χ4v) is 1.37. The molecule has 1 rings (SSSR count). The van der Waals surface area contributed by atoms with Gasteiger partial charge < -0.3 is 9.53 Å². The van der Waals surface area contributed by atoms with Gasteiger partial charge in [0.1, 0.15) is 12.4 Å². The van der Waals surface area contributed by atoms with Crippen LogP contribution in [0.1, 0.15) is 0 Å². The second kappa shape index (κ2) is 3.10. The number of aldehydes is 1. The molecule has 1 saturated heterocycles. The molecule has 1 aliphatic rings. The largest absolute Gasteiger partial charge is 0.369 e. The first-order chi connectivity index (χ1) is 3.93. The second-order valence-electron chi connectivity index (χ2n) is 1.62. The first-order valence-electron chi connectivity index (χ1n) is 2.58. The van der Waals surface area contributed by atoms with Crippen LogP contribution in [0.15, 0.2) is 0 Å². The predicted octanol–water partition coefficient (Wildman–Crippen LogP) is 0.317. The summed E-state index contributed by atoms with van der Waals surface area (Å²) in [5, 5.41) is 0. The Morgan fingerprint density at radius 2 is 2.62 bits per heavy atom. The molecule has 0 aromatic heterocycles. The Balaban J connectivity index is 2.22. The Labute approximate surface area is 52.6 Å². The molecule has 8 heavy (non-hydrogen) atoms. The van der Waals surface area contributed by atoms with Gasteiger partial charge in [0.2, 0.25) is 0 Å². The monoisotopic (exact) mass is 132 g/mol. The van der Waals surface area contributed by atoms with Crippen molar-refractivity contribution in [3.05, 3.63) is 0 Å². The highest BCUT2D eigenvalue weighted by molar-refractivity contribution is 7.99. The Kier molecular flexibility index (Phi) is 2.36. The third kappa shape index (κ3) is 1.49. The lowest BCUT2D eigenvalue weighted by atomic mass is 10.4. The van der Waals surface area contributed by atoms with Crippen molar-refractivity contribution in [1.29, 1.82) is 0 Å². The van der Waals surface area contributed by atoms with Crippen LogP contribution >= 0.6 is 11.8 Å². The van der Waals surface area contributed by atoms with Crippen LogP contribution in [-0.2, 0) is 9.53 Å². The van der Waals surface area contributed by atoms with E-state index in [2.05, 4.69) is 0 Å². The van der Waals surface area contributed by atoms with E-state index < -0.39 is 0 Å². The number of carbonyl (C=O) groups is 1. The molecule has 1 aliphatic heterocycles. The zero-order chi connectivity index (χ0) is 5.82. The molecule has 0 aromatic carbocycles. The molecule has 0 radical (unpaired) electrons. The number of carbonyl (C=O) groups excluding carboxylic acids is 1.